The molecule has 3 nitrogen and oxygen atoms in total. The van der Waals surface area contributed by atoms with E-state index in [0.717, 1.165) is 26.6 Å². The van der Waals surface area contributed by atoms with Crippen LogP contribution < -0.4 is 0 Å². The van der Waals surface area contributed by atoms with Crippen LogP contribution in [0.1, 0.15) is 21.6 Å². The van der Waals surface area contributed by atoms with Crippen molar-refractivity contribution in [3.63, 3.8) is 0 Å². The number of esters is 1. The molecule has 0 saturated heterocycles. The van der Waals surface area contributed by atoms with E-state index in [1.54, 1.807) is 6.07 Å². The largest absolute Gasteiger partial charge is 0.465 e. The number of fused-ring (bicyclic) bond motifs is 1. The van der Waals surface area contributed by atoms with Gasteiger partial charge in [0.25, 0.3) is 0 Å². The molecule has 16 heavy (non-hydrogen) atoms. The smallest absolute Gasteiger partial charge is 0.337 e. The minimum absolute atomic E-state index is 0.319. The van der Waals surface area contributed by atoms with Crippen LogP contribution in [0, 0.1) is 13.8 Å². The number of aryl methyl sites for hydroxylation is 2. The lowest BCUT2D eigenvalue weighted by molar-refractivity contribution is 0.0601. The number of ether oxygens (including phenoxy) is 1. The fraction of sp³-hybridized carbons (Fsp3) is 0.250. The van der Waals surface area contributed by atoms with Crippen LogP contribution in [0.4, 0.5) is 0 Å². The molecule has 0 fully saturated rings. The topological polar surface area (TPSA) is 42.1 Å². The first-order chi connectivity index (χ1) is 7.54. The monoisotopic (exact) mass is 281 g/mol. The molecule has 1 aromatic heterocycles. The highest BCUT2D eigenvalue weighted by Gasteiger charge is 2.13. The van der Waals surface area contributed by atoms with Gasteiger partial charge in [0, 0.05) is 15.6 Å². The molecule has 0 radical (unpaired) electrons. The molecule has 0 aliphatic carbocycles. The van der Waals surface area contributed by atoms with Crippen molar-refractivity contribution in [2.45, 2.75) is 13.8 Å². The van der Waals surface area contributed by atoms with Crippen molar-refractivity contribution in [2.24, 2.45) is 0 Å². The second-order valence-electron chi connectivity index (χ2n) is 3.75. The van der Waals surface area contributed by atoms with Crippen LogP contribution in [-0.2, 0) is 4.74 Å². The molecular formula is C12H12BrNO2. The number of methoxy groups -OCH3 is 1. The molecular weight excluding hydrogens is 270 g/mol. The molecule has 84 valence electrons. The van der Waals surface area contributed by atoms with Crippen LogP contribution in [0.5, 0.6) is 0 Å². The van der Waals surface area contributed by atoms with Crippen LogP contribution in [-0.4, -0.2) is 18.1 Å². The third-order valence-electron chi connectivity index (χ3n) is 2.79. The van der Waals surface area contributed by atoms with Gasteiger partial charge in [-0.2, -0.15) is 0 Å². The average Bonchev–Trinajstić information content (AvgIpc) is 2.56. The zero-order valence-electron chi connectivity index (χ0n) is 9.35. The van der Waals surface area contributed by atoms with E-state index < -0.39 is 0 Å². The fourth-order valence-corrected chi connectivity index (χ4v) is 2.31. The van der Waals surface area contributed by atoms with Crippen molar-refractivity contribution >= 4 is 32.8 Å². The van der Waals surface area contributed by atoms with E-state index >= 15 is 0 Å². The number of carbonyl (C=O) groups excluding carboxylic acids is 1. The second-order valence-corrected chi connectivity index (χ2v) is 4.60. The molecule has 0 unspecified atom stereocenters. The summed E-state index contributed by atoms with van der Waals surface area (Å²) in [5, 5.41) is 1.05. The maximum Gasteiger partial charge on any atom is 0.337 e. The molecule has 0 spiro atoms. The molecule has 0 bridgehead atoms. The predicted molar refractivity (Wildman–Crippen MR) is 66.8 cm³/mol. The van der Waals surface area contributed by atoms with Crippen LogP contribution in [0.25, 0.3) is 10.9 Å². The summed E-state index contributed by atoms with van der Waals surface area (Å²) < 4.78 is 5.59. The van der Waals surface area contributed by atoms with Crippen molar-refractivity contribution in [3.05, 3.63) is 33.4 Å². The minimum atomic E-state index is -0.319. The summed E-state index contributed by atoms with van der Waals surface area (Å²) >= 11 is 3.45. The summed E-state index contributed by atoms with van der Waals surface area (Å²) in [6, 6.07) is 3.62. The van der Waals surface area contributed by atoms with E-state index in [0.29, 0.717) is 5.56 Å². The van der Waals surface area contributed by atoms with Gasteiger partial charge in [-0.15, -0.1) is 0 Å². The molecule has 2 rings (SSSR count). The molecule has 4 heteroatoms. The Morgan fingerprint density at radius 1 is 1.38 bits per heavy atom. The molecule has 0 aliphatic heterocycles. The molecule has 0 aliphatic rings. The maximum atomic E-state index is 11.5. The SMILES string of the molecule is COC(=O)c1cc(Br)c2[nH]c(C)c(C)c2c1. The number of hydrogen-bond acceptors (Lipinski definition) is 2. The van der Waals surface area contributed by atoms with Gasteiger partial charge in [0.1, 0.15) is 0 Å². The van der Waals surface area contributed by atoms with E-state index in [9.17, 15) is 4.79 Å². The molecule has 0 atom stereocenters. The number of rotatable bonds is 1. The number of aromatic nitrogens is 1. The molecule has 0 saturated carbocycles. The summed E-state index contributed by atoms with van der Waals surface area (Å²) in [6.07, 6.45) is 0. The summed E-state index contributed by atoms with van der Waals surface area (Å²) in [7, 11) is 1.38. The van der Waals surface area contributed by atoms with Crippen molar-refractivity contribution < 1.29 is 9.53 Å². The minimum Gasteiger partial charge on any atom is -0.465 e. The normalized spacial score (nSPS) is 10.8. The lowest BCUT2D eigenvalue weighted by Crippen LogP contribution is -2.00. The van der Waals surface area contributed by atoms with Gasteiger partial charge < -0.3 is 9.72 Å². The Kier molecular flexibility index (Phi) is 2.76. The number of carbonyl (C=O) groups is 1. The van der Waals surface area contributed by atoms with E-state index in [1.807, 2.05) is 19.9 Å². The van der Waals surface area contributed by atoms with Gasteiger partial charge >= 0.3 is 5.97 Å². The van der Waals surface area contributed by atoms with E-state index in [-0.39, 0.29) is 5.97 Å². The molecule has 1 heterocycles. The highest BCUT2D eigenvalue weighted by atomic mass is 79.9. The Morgan fingerprint density at radius 3 is 2.69 bits per heavy atom. The first-order valence-corrected chi connectivity index (χ1v) is 5.70. The third kappa shape index (κ3) is 1.63. The molecule has 1 aromatic carbocycles. The molecule has 2 aromatic rings. The lowest BCUT2D eigenvalue weighted by atomic mass is 10.1. The maximum absolute atomic E-state index is 11.5. The molecule has 0 amide bonds. The first-order valence-electron chi connectivity index (χ1n) is 4.91. The number of H-pyrrole nitrogens is 1. The molecule has 1 N–H and O–H groups in total. The zero-order valence-corrected chi connectivity index (χ0v) is 10.9. The summed E-state index contributed by atoms with van der Waals surface area (Å²) in [5.41, 5.74) is 3.84. The Balaban J connectivity index is 2.75. The van der Waals surface area contributed by atoms with Crippen molar-refractivity contribution in [1.82, 2.24) is 4.98 Å². The highest BCUT2D eigenvalue weighted by molar-refractivity contribution is 9.10. The fourth-order valence-electron chi connectivity index (χ4n) is 1.75. The number of hydrogen-bond donors (Lipinski definition) is 1. The van der Waals surface area contributed by atoms with Gasteiger partial charge in [-0.1, -0.05) is 0 Å². The number of benzene rings is 1. The van der Waals surface area contributed by atoms with Crippen LogP contribution >= 0.6 is 15.9 Å². The first kappa shape index (κ1) is 11.2. The Morgan fingerprint density at radius 2 is 2.06 bits per heavy atom. The van der Waals surface area contributed by atoms with Gasteiger partial charge in [0.2, 0.25) is 0 Å². The number of aromatic amines is 1. The van der Waals surface area contributed by atoms with Crippen LogP contribution in [0.15, 0.2) is 16.6 Å². The standard InChI is InChI=1S/C12H12BrNO2/c1-6-7(2)14-11-9(6)4-8(5-10(11)13)12(15)16-3/h4-5,14H,1-3H3. The Labute approximate surface area is 102 Å². The Bertz CT molecular complexity index is 572. The summed E-state index contributed by atoms with van der Waals surface area (Å²) in [6.45, 7) is 4.04. The number of halogens is 1. The third-order valence-corrected chi connectivity index (χ3v) is 3.42. The van der Waals surface area contributed by atoms with Gasteiger partial charge in [0.15, 0.2) is 0 Å². The van der Waals surface area contributed by atoms with Crippen molar-refractivity contribution in [3.8, 4) is 0 Å². The number of nitrogens with one attached hydrogen (secondary N) is 1. The van der Waals surface area contributed by atoms with Gasteiger partial charge in [0.05, 0.1) is 18.2 Å². The second kappa shape index (κ2) is 3.94. The van der Waals surface area contributed by atoms with Crippen LogP contribution in [0.3, 0.4) is 0 Å². The van der Waals surface area contributed by atoms with Crippen LogP contribution in [0.2, 0.25) is 0 Å². The van der Waals surface area contributed by atoms with E-state index in [2.05, 4.69) is 20.9 Å². The van der Waals surface area contributed by atoms with E-state index in [1.165, 1.54) is 7.11 Å². The summed E-state index contributed by atoms with van der Waals surface area (Å²) in [5.74, 6) is -0.319. The quantitative estimate of drug-likeness (QED) is 0.815. The van der Waals surface area contributed by atoms with E-state index in [4.69, 9.17) is 4.74 Å². The van der Waals surface area contributed by atoms with Crippen molar-refractivity contribution in [1.29, 1.82) is 0 Å². The van der Waals surface area contributed by atoms with Gasteiger partial charge in [-0.05, 0) is 47.5 Å². The summed E-state index contributed by atoms with van der Waals surface area (Å²) in [4.78, 5) is 14.8. The zero-order chi connectivity index (χ0) is 11.9. The highest BCUT2D eigenvalue weighted by Crippen LogP contribution is 2.29. The van der Waals surface area contributed by atoms with Crippen molar-refractivity contribution in [2.75, 3.05) is 7.11 Å². The average molecular weight is 282 g/mol. The lowest BCUT2D eigenvalue weighted by Gasteiger charge is -2.02. The Hall–Kier alpha value is -1.29. The van der Waals surface area contributed by atoms with Gasteiger partial charge in [-0.25, -0.2) is 4.79 Å². The predicted octanol–water partition coefficient (Wildman–Crippen LogP) is 3.33. The van der Waals surface area contributed by atoms with Gasteiger partial charge in [-0.3, -0.25) is 0 Å².